The van der Waals surface area contributed by atoms with Crippen LogP contribution in [0.5, 0.6) is 0 Å². The molecule has 160 valence electrons. The first-order chi connectivity index (χ1) is 15.6. The molecule has 0 spiro atoms. The molecule has 2 amide bonds. The minimum absolute atomic E-state index is 0.00484. The second kappa shape index (κ2) is 9.09. The fraction of sp³-hybridized carbons (Fsp3) is 0.0870. The Kier molecular flexibility index (Phi) is 5.89. The van der Waals surface area contributed by atoms with E-state index in [1.165, 1.54) is 19.5 Å². The van der Waals surface area contributed by atoms with Crippen molar-refractivity contribution in [3.63, 3.8) is 0 Å². The van der Waals surface area contributed by atoms with E-state index in [-0.39, 0.29) is 29.8 Å². The monoisotopic (exact) mass is 428 g/mol. The molecule has 2 aromatic heterocycles. The van der Waals surface area contributed by atoms with Gasteiger partial charge >= 0.3 is 0 Å². The summed E-state index contributed by atoms with van der Waals surface area (Å²) in [6, 6.07) is 18.4. The molecule has 0 unspecified atom stereocenters. The average Bonchev–Trinajstić information content (AvgIpc) is 3.21. The number of fused-ring (bicyclic) bond motifs is 1. The predicted octanol–water partition coefficient (Wildman–Crippen LogP) is 3.88. The van der Waals surface area contributed by atoms with Gasteiger partial charge in [-0.15, -0.1) is 0 Å². The number of hydrogen-bond acceptors (Lipinski definition) is 6. The molecule has 2 heterocycles. The summed E-state index contributed by atoms with van der Waals surface area (Å²) in [7, 11) is 0. The Labute approximate surface area is 184 Å². The fourth-order valence-electron chi connectivity index (χ4n) is 3.18. The van der Waals surface area contributed by atoms with Crippen molar-refractivity contribution in [1.29, 1.82) is 0 Å². The molecule has 1 N–H and O–H groups in total. The van der Waals surface area contributed by atoms with Gasteiger partial charge in [0.25, 0.3) is 5.91 Å². The number of aromatic nitrogens is 4. The lowest BCUT2D eigenvalue weighted by Gasteiger charge is -2.23. The average molecular weight is 428 g/mol. The highest BCUT2D eigenvalue weighted by Gasteiger charge is 2.26. The number of rotatable bonds is 7. The SMILES string of the molecule is C=COCn1cnc2c(C(=O)N(c3ccccc3)c3ccccc3)nc(NC(C)=O)nc21. The van der Waals surface area contributed by atoms with Crippen LogP contribution in [0.4, 0.5) is 17.3 Å². The van der Waals surface area contributed by atoms with Gasteiger partial charge < -0.3 is 4.74 Å². The van der Waals surface area contributed by atoms with Gasteiger partial charge in [-0.05, 0) is 24.3 Å². The lowest BCUT2D eigenvalue weighted by molar-refractivity contribution is -0.114. The van der Waals surface area contributed by atoms with Crippen LogP contribution < -0.4 is 10.2 Å². The third-order valence-corrected chi connectivity index (χ3v) is 4.52. The van der Waals surface area contributed by atoms with Gasteiger partial charge in [0.05, 0.1) is 12.6 Å². The van der Waals surface area contributed by atoms with E-state index in [4.69, 9.17) is 4.74 Å². The molecule has 9 heteroatoms. The Hall–Kier alpha value is -4.53. The molecular formula is C23H20N6O3. The molecule has 0 saturated carbocycles. The van der Waals surface area contributed by atoms with Crippen molar-refractivity contribution in [1.82, 2.24) is 19.5 Å². The highest BCUT2D eigenvalue weighted by Crippen LogP contribution is 2.29. The summed E-state index contributed by atoms with van der Waals surface area (Å²) in [5, 5.41) is 2.55. The molecule has 0 fully saturated rings. The number of nitrogens with zero attached hydrogens (tertiary/aromatic N) is 5. The summed E-state index contributed by atoms with van der Waals surface area (Å²) >= 11 is 0. The van der Waals surface area contributed by atoms with Crippen molar-refractivity contribution in [3.8, 4) is 0 Å². The van der Waals surface area contributed by atoms with Crippen molar-refractivity contribution in [2.24, 2.45) is 0 Å². The first-order valence-corrected chi connectivity index (χ1v) is 9.76. The Morgan fingerprint density at radius 2 is 1.69 bits per heavy atom. The number of imidazole rings is 1. The largest absolute Gasteiger partial charge is 0.481 e. The van der Waals surface area contributed by atoms with Crippen LogP contribution in [0, 0.1) is 0 Å². The standard InChI is InChI=1S/C23H20N6O3/c1-3-32-15-28-14-24-19-20(26-23(25-16(2)30)27-21(19)28)22(31)29(17-10-6-4-7-11-17)18-12-8-5-9-13-18/h3-14H,1,15H2,2H3,(H,25,26,27,30). The van der Waals surface area contributed by atoms with E-state index < -0.39 is 5.91 Å². The van der Waals surface area contributed by atoms with Crippen LogP contribution in [-0.2, 0) is 16.3 Å². The number of para-hydroxylation sites is 2. The number of anilines is 3. The first kappa shape index (κ1) is 20.7. The lowest BCUT2D eigenvalue weighted by Crippen LogP contribution is -2.28. The van der Waals surface area contributed by atoms with E-state index in [1.807, 2.05) is 60.7 Å². The van der Waals surface area contributed by atoms with Crippen molar-refractivity contribution in [2.75, 3.05) is 10.2 Å². The van der Waals surface area contributed by atoms with E-state index >= 15 is 0 Å². The molecular weight excluding hydrogens is 408 g/mol. The first-order valence-electron chi connectivity index (χ1n) is 9.76. The summed E-state index contributed by atoms with van der Waals surface area (Å²) in [5.74, 6) is -0.787. The number of carbonyl (C=O) groups excluding carboxylic acids is 2. The van der Waals surface area contributed by atoms with E-state index in [2.05, 4.69) is 26.8 Å². The summed E-state index contributed by atoms with van der Waals surface area (Å²) < 4.78 is 6.83. The smallest absolute Gasteiger partial charge is 0.283 e. The predicted molar refractivity (Wildman–Crippen MR) is 120 cm³/mol. The van der Waals surface area contributed by atoms with Crippen LogP contribution in [0.15, 0.2) is 79.8 Å². The summed E-state index contributed by atoms with van der Waals surface area (Å²) in [6.07, 6.45) is 2.78. The molecule has 0 saturated heterocycles. The van der Waals surface area contributed by atoms with Crippen LogP contribution >= 0.6 is 0 Å². The number of nitrogens with one attached hydrogen (secondary N) is 1. The Balaban J connectivity index is 1.89. The van der Waals surface area contributed by atoms with Gasteiger partial charge in [-0.1, -0.05) is 43.0 Å². The van der Waals surface area contributed by atoms with Crippen LogP contribution in [0.3, 0.4) is 0 Å². The van der Waals surface area contributed by atoms with Gasteiger partial charge in [-0.25, -0.2) is 9.97 Å². The topological polar surface area (TPSA) is 102 Å². The minimum atomic E-state index is -0.420. The van der Waals surface area contributed by atoms with E-state index in [9.17, 15) is 9.59 Å². The van der Waals surface area contributed by atoms with Crippen molar-refractivity contribution >= 4 is 40.3 Å². The second-order valence-electron chi connectivity index (χ2n) is 6.74. The normalized spacial score (nSPS) is 10.5. The van der Waals surface area contributed by atoms with Gasteiger partial charge in [-0.3, -0.25) is 24.4 Å². The molecule has 32 heavy (non-hydrogen) atoms. The van der Waals surface area contributed by atoms with Crippen LogP contribution in [-0.4, -0.2) is 31.3 Å². The van der Waals surface area contributed by atoms with Gasteiger partial charge in [0.2, 0.25) is 11.9 Å². The lowest BCUT2D eigenvalue weighted by atomic mass is 10.2. The number of ether oxygens (including phenoxy) is 1. The maximum atomic E-state index is 13.8. The van der Waals surface area contributed by atoms with Gasteiger partial charge in [0.1, 0.15) is 5.52 Å². The third kappa shape index (κ3) is 4.17. The third-order valence-electron chi connectivity index (χ3n) is 4.52. The fourth-order valence-corrected chi connectivity index (χ4v) is 3.18. The molecule has 0 aliphatic heterocycles. The van der Waals surface area contributed by atoms with Crippen LogP contribution in [0.25, 0.3) is 11.2 Å². The quantitative estimate of drug-likeness (QED) is 0.448. The summed E-state index contributed by atoms with van der Waals surface area (Å²) in [6.45, 7) is 4.96. The van der Waals surface area contributed by atoms with Crippen molar-refractivity contribution < 1.29 is 14.3 Å². The second-order valence-corrected chi connectivity index (χ2v) is 6.74. The van der Waals surface area contributed by atoms with E-state index in [0.717, 1.165) is 0 Å². The van der Waals surface area contributed by atoms with Crippen LogP contribution in [0.1, 0.15) is 17.4 Å². The maximum absolute atomic E-state index is 13.8. The summed E-state index contributed by atoms with van der Waals surface area (Å²) in [5.41, 5.74) is 1.99. The molecule has 0 bridgehead atoms. The zero-order valence-electron chi connectivity index (χ0n) is 17.3. The van der Waals surface area contributed by atoms with Gasteiger partial charge in [-0.2, -0.15) is 4.98 Å². The highest BCUT2D eigenvalue weighted by atomic mass is 16.5. The van der Waals surface area contributed by atoms with Crippen molar-refractivity contribution in [2.45, 2.75) is 13.7 Å². The number of carbonyl (C=O) groups is 2. The zero-order valence-corrected chi connectivity index (χ0v) is 17.3. The number of hydrogen-bond donors (Lipinski definition) is 1. The number of benzene rings is 2. The Morgan fingerprint density at radius 3 is 2.25 bits per heavy atom. The van der Waals surface area contributed by atoms with Gasteiger partial charge in [0, 0.05) is 18.3 Å². The molecule has 4 rings (SSSR count). The molecule has 4 aromatic rings. The molecule has 0 radical (unpaired) electrons. The number of amides is 2. The zero-order chi connectivity index (χ0) is 22.5. The highest BCUT2D eigenvalue weighted by molar-refractivity contribution is 6.15. The Morgan fingerprint density at radius 1 is 1.06 bits per heavy atom. The van der Waals surface area contributed by atoms with E-state index in [1.54, 1.807) is 9.47 Å². The van der Waals surface area contributed by atoms with E-state index in [0.29, 0.717) is 17.0 Å². The molecule has 0 aliphatic rings. The molecule has 0 atom stereocenters. The minimum Gasteiger partial charge on any atom is -0.481 e. The van der Waals surface area contributed by atoms with Crippen molar-refractivity contribution in [3.05, 3.63) is 85.5 Å². The summed E-state index contributed by atoms with van der Waals surface area (Å²) in [4.78, 5) is 40.1. The molecule has 0 aliphatic carbocycles. The molecule has 2 aromatic carbocycles. The van der Waals surface area contributed by atoms with Gasteiger partial charge in [0.15, 0.2) is 18.1 Å². The molecule has 9 nitrogen and oxygen atoms in total. The van der Waals surface area contributed by atoms with Crippen LogP contribution in [0.2, 0.25) is 0 Å². The maximum Gasteiger partial charge on any atom is 0.283 e. The Bertz CT molecular complexity index is 1230.